The van der Waals surface area contributed by atoms with Crippen LogP contribution in [0.3, 0.4) is 0 Å². The van der Waals surface area contributed by atoms with Crippen molar-refractivity contribution in [2.24, 2.45) is 0 Å². The fraction of sp³-hybridized carbons (Fsp3) is 0. The first-order chi connectivity index (χ1) is 24.7. The van der Waals surface area contributed by atoms with E-state index in [-0.39, 0.29) is 0 Å². The summed E-state index contributed by atoms with van der Waals surface area (Å²) in [6, 6.07) is 45.7. The van der Waals surface area contributed by atoms with Gasteiger partial charge in [0.2, 0.25) is 0 Å². The predicted octanol–water partition coefficient (Wildman–Crippen LogP) is 16.3. The zero-order valence-corrected chi connectivity index (χ0v) is 31.1. The van der Waals surface area contributed by atoms with Crippen LogP contribution in [0.15, 0.2) is 132 Å². The highest BCUT2D eigenvalue weighted by molar-refractivity contribution is 7.37. The molecule has 0 atom stereocenters. The number of benzene rings is 6. The first-order valence-electron chi connectivity index (χ1n) is 16.4. The molecule has 0 aliphatic carbocycles. The average molecular weight is 743 g/mol. The summed E-state index contributed by atoms with van der Waals surface area (Å²) in [5, 5.41) is 12.8. The second kappa shape index (κ2) is 10.6. The molecule has 0 amide bonds. The van der Waals surface area contributed by atoms with Crippen molar-refractivity contribution in [1.29, 1.82) is 0 Å². The maximum atomic E-state index is 2.41. The zero-order chi connectivity index (χ0) is 32.5. The number of fused-ring (bicyclic) bond motifs is 12. The molecule has 12 rings (SSSR count). The minimum Gasteiger partial charge on any atom is -0.143 e. The van der Waals surface area contributed by atoms with Gasteiger partial charge in [0, 0.05) is 71.6 Å². The predicted molar refractivity (Wildman–Crippen MR) is 230 cm³/mol. The standard InChI is InChI=1S/C44H22S6/c1-3-7-35-27(5-1)33(21-45-35)25-11-15-31-39(19-25)49-41-29-13-9-23(17-37(29)47-43(31)41)24-10-14-30-38(18-24)48-44-32-16-12-26(20-40(32)50-42(30)44)34-22-46-36-8-4-2-6-28(34)36/h1-22H. The van der Waals surface area contributed by atoms with Crippen LogP contribution >= 0.6 is 68.0 Å². The summed E-state index contributed by atoms with van der Waals surface area (Å²) in [6.45, 7) is 0. The number of rotatable bonds is 3. The van der Waals surface area contributed by atoms with Crippen LogP contribution in [-0.2, 0) is 0 Å². The summed E-state index contributed by atoms with van der Waals surface area (Å²) in [6.07, 6.45) is 0. The van der Waals surface area contributed by atoms with E-state index >= 15 is 0 Å². The summed E-state index contributed by atoms with van der Waals surface area (Å²) in [7, 11) is 0. The Kier molecular flexibility index (Phi) is 5.98. The highest BCUT2D eigenvalue weighted by Gasteiger charge is 2.17. The van der Waals surface area contributed by atoms with Crippen LogP contribution in [0.1, 0.15) is 0 Å². The van der Waals surface area contributed by atoms with Crippen molar-refractivity contribution in [2.45, 2.75) is 0 Å². The molecule has 0 radical (unpaired) electrons. The molecule has 6 heteroatoms. The third-order valence-electron chi connectivity index (χ3n) is 10.1. The van der Waals surface area contributed by atoms with Crippen LogP contribution in [0, 0.1) is 0 Å². The van der Waals surface area contributed by atoms with E-state index in [9.17, 15) is 0 Å². The molecule has 0 saturated heterocycles. The van der Waals surface area contributed by atoms with Crippen LogP contribution in [-0.4, -0.2) is 0 Å². The van der Waals surface area contributed by atoms with Gasteiger partial charge in [0.25, 0.3) is 0 Å². The van der Waals surface area contributed by atoms with E-state index in [1.807, 2.05) is 68.0 Å². The Morgan fingerprint density at radius 2 is 0.620 bits per heavy atom. The van der Waals surface area contributed by atoms with Gasteiger partial charge in [-0.15, -0.1) is 68.0 Å². The Bertz CT molecular complexity index is 3110. The van der Waals surface area contributed by atoms with Gasteiger partial charge in [-0.05, 0) is 69.4 Å². The summed E-state index contributed by atoms with van der Waals surface area (Å²) in [5.74, 6) is 0. The Labute approximate surface area is 310 Å². The molecular formula is C44H22S6. The summed E-state index contributed by atoms with van der Waals surface area (Å²) in [4.78, 5) is 0. The molecular weight excluding hydrogens is 721 g/mol. The molecule has 0 N–H and O–H groups in total. The molecule has 6 aromatic carbocycles. The van der Waals surface area contributed by atoms with Crippen molar-refractivity contribution < 1.29 is 0 Å². The second-order valence-corrected chi connectivity index (χ2v) is 18.9. The van der Waals surface area contributed by atoms with Crippen molar-refractivity contribution in [1.82, 2.24) is 0 Å². The third kappa shape index (κ3) is 4.06. The molecule has 0 aliphatic heterocycles. The maximum absolute atomic E-state index is 2.41. The first-order valence-corrected chi connectivity index (χ1v) is 21.5. The molecule has 0 unspecified atom stereocenters. The topological polar surface area (TPSA) is 0 Å². The zero-order valence-electron chi connectivity index (χ0n) is 26.2. The van der Waals surface area contributed by atoms with Gasteiger partial charge in [0.05, 0.1) is 18.8 Å². The van der Waals surface area contributed by atoms with Crippen molar-refractivity contribution in [3.63, 3.8) is 0 Å². The molecule has 0 saturated carbocycles. The summed E-state index contributed by atoms with van der Waals surface area (Å²) >= 11 is 11.4. The maximum Gasteiger partial charge on any atom is 0.0542 e. The van der Waals surface area contributed by atoms with E-state index in [0.717, 1.165) is 0 Å². The van der Waals surface area contributed by atoms with Gasteiger partial charge in [-0.1, -0.05) is 84.9 Å². The Hall–Kier alpha value is -4.40. The fourth-order valence-electron chi connectivity index (χ4n) is 7.61. The fourth-order valence-corrected chi connectivity index (χ4v) is 15.0. The Morgan fingerprint density at radius 3 is 1.02 bits per heavy atom. The van der Waals surface area contributed by atoms with Gasteiger partial charge < -0.3 is 0 Å². The van der Waals surface area contributed by atoms with Gasteiger partial charge in [-0.3, -0.25) is 0 Å². The molecule has 50 heavy (non-hydrogen) atoms. The van der Waals surface area contributed by atoms with Gasteiger partial charge in [-0.2, -0.15) is 0 Å². The second-order valence-electron chi connectivity index (χ2n) is 12.9. The highest BCUT2D eigenvalue weighted by atomic mass is 32.1. The number of hydrogen-bond acceptors (Lipinski definition) is 6. The van der Waals surface area contributed by atoms with E-state index in [1.165, 1.54) is 113 Å². The van der Waals surface area contributed by atoms with E-state index in [1.54, 1.807) is 0 Å². The van der Waals surface area contributed by atoms with Gasteiger partial charge >= 0.3 is 0 Å². The minimum atomic E-state index is 1.29. The quantitative estimate of drug-likeness (QED) is 0.169. The van der Waals surface area contributed by atoms with Crippen molar-refractivity contribution in [3.05, 3.63) is 132 Å². The monoisotopic (exact) mass is 742 g/mol. The van der Waals surface area contributed by atoms with Crippen LogP contribution < -0.4 is 0 Å². The number of thiophene rings is 6. The van der Waals surface area contributed by atoms with Crippen molar-refractivity contribution in [2.75, 3.05) is 0 Å². The van der Waals surface area contributed by atoms with E-state index in [0.29, 0.717) is 0 Å². The van der Waals surface area contributed by atoms with Gasteiger partial charge in [-0.25, -0.2) is 0 Å². The van der Waals surface area contributed by atoms with Crippen LogP contribution in [0.4, 0.5) is 0 Å². The van der Waals surface area contributed by atoms with Crippen molar-refractivity contribution >= 4 is 147 Å². The van der Waals surface area contributed by atoms with E-state index < -0.39 is 0 Å². The van der Waals surface area contributed by atoms with E-state index in [2.05, 4.69) is 132 Å². The SMILES string of the molecule is c1ccc2c(-c3ccc4c(c3)sc3c5ccc(-c6ccc7c(c6)sc6c8ccc(-c9csc%10ccccc9%10)cc8sc76)cc5sc43)csc2c1. The summed E-state index contributed by atoms with van der Waals surface area (Å²) in [5.41, 5.74) is 7.88. The van der Waals surface area contributed by atoms with Crippen LogP contribution in [0.2, 0.25) is 0 Å². The highest BCUT2D eigenvalue weighted by Crippen LogP contribution is 2.49. The molecule has 6 aromatic heterocycles. The lowest BCUT2D eigenvalue weighted by atomic mass is 10.0. The lowest BCUT2D eigenvalue weighted by molar-refractivity contribution is 1.73. The molecule has 0 aliphatic rings. The molecule has 234 valence electrons. The molecule has 0 bridgehead atoms. The van der Waals surface area contributed by atoms with Gasteiger partial charge in [0.15, 0.2) is 0 Å². The largest absolute Gasteiger partial charge is 0.143 e. The van der Waals surface area contributed by atoms with E-state index in [4.69, 9.17) is 0 Å². The molecule has 0 nitrogen and oxygen atoms in total. The summed E-state index contributed by atoms with van der Waals surface area (Å²) < 4.78 is 13.8. The lowest BCUT2D eigenvalue weighted by Crippen LogP contribution is -1.77. The average Bonchev–Trinajstić information content (AvgIpc) is 4.00. The first kappa shape index (κ1) is 28.3. The smallest absolute Gasteiger partial charge is 0.0542 e. The van der Waals surface area contributed by atoms with Gasteiger partial charge in [0.1, 0.15) is 0 Å². The van der Waals surface area contributed by atoms with Crippen LogP contribution in [0.25, 0.3) is 113 Å². The lowest BCUT2D eigenvalue weighted by Gasteiger charge is -2.03. The number of hydrogen-bond donors (Lipinski definition) is 0. The Balaban J connectivity index is 0.912. The Morgan fingerprint density at radius 1 is 0.280 bits per heavy atom. The minimum absolute atomic E-state index is 1.29. The third-order valence-corrected chi connectivity index (χ3v) is 17.0. The molecule has 12 aromatic rings. The van der Waals surface area contributed by atoms with Crippen LogP contribution in [0.5, 0.6) is 0 Å². The normalized spacial score (nSPS) is 12.4. The molecule has 0 spiro atoms. The molecule has 0 fully saturated rings. The van der Waals surface area contributed by atoms with Crippen molar-refractivity contribution in [3.8, 4) is 33.4 Å². The molecule has 6 heterocycles.